The van der Waals surface area contributed by atoms with E-state index in [1.165, 1.54) is 11.1 Å². The summed E-state index contributed by atoms with van der Waals surface area (Å²) >= 11 is 0. The van der Waals surface area contributed by atoms with Gasteiger partial charge in [-0.2, -0.15) is 0 Å². The molecule has 1 rings (SSSR count). The molecule has 0 bridgehead atoms. The third-order valence-electron chi connectivity index (χ3n) is 4.11. The van der Waals surface area contributed by atoms with Gasteiger partial charge < -0.3 is 4.74 Å². The number of hydrogen-bond donors (Lipinski definition) is 0. The number of aryl methyl sites for hydroxylation is 1. The first kappa shape index (κ1) is 18.2. The van der Waals surface area contributed by atoms with E-state index in [9.17, 15) is 4.79 Å². The van der Waals surface area contributed by atoms with Gasteiger partial charge in [0.1, 0.15) is 6.61 Å². The molecule has 0 fully saturated rings. The highest BCUT2D eigenvalue weighted by Gasteiger charge is 2.34. The van der Waals surface area contributed by atoms with Gasteiger partial charge in [0, 0.05) is 0 Å². The van der Waals surface area contributed by atoms with Crippen LogP contribution in [0.15, 0.2) is 48.6 Å². The second kappa shape index (κ2) is 7.98. The molecule has 0 aromatic heterocycles. The van der Waals surface area contributed by atoms with Crippen molar-refractivity contribution in [3.63, 3.8) is 0 Å². The summed E-state index contributed by atoms with van der Waals surface area (Å²) < 4.78 is 5.45. The van der Waals surface area contributed by atoms with Gasteiger partial charge in [-0.1, -0.05) is 49.8 Å². The molecule has 0 aliphatic rings. The molecule has 1 aromatic rings. The van der Waals surface area contributed by atoms with E-state index in [1.807, 2.05) is 52.0 Å². The Morgan fingerprint density at radius 2 is 1.95 bits per heavy atom. The van der Waals surface area contributed by atoms with Gasteiger partial charge in [0.25, 0.3) is 0 Å². The van der Waals surface area contributed by atoms with Crippen molar-refractivity contribution in [2.45, 2.75) is 41.0 Å². The average Bonchev–Trinajstić information content (AvgIpc) is 2.45. The summed E-state index contributed by atoms with van der Waals surface area (Å²) in [5.41, 5.74) is 3.21. The third-order valence-corrected chi connectivity index (χ3v) is 4.11. The molecular weight excluding hydrogens is 272 g/mol. The molecule has 22 heavy (non-hydrogen) atoms. The predicted molar refractivity (Wildman–Crippen MR) is 92.7 cm³/mol. The van der Waals surface area contributed by atoms with Crippen molar-refractivity contribution in [2.75, 3.05) is 6.61 Å². The van der Waals surface area contributed by atoms with Crippen LogP contribution in [0.1, 0.15) is 38.8 Å². The summed E-state index contributed by atoms with van der Waals surface area (Å²) in [4.78, 5) is 12.5. The molecular formula is C20H28O2. The SMILES string of the molecule is C=CC(C)(C)[C@@H](Cc1ccccc1C)C(=O)OCC=C(C)C. The maximum absolute atomic E-state index is 12.5. The molecule has 2 heteroatoms. The van der Waals surface area contributed by atoms with Crippen LogP contribution in [0.25, 0.3) is 0 Å². The minimum absolute atomic E-state index is 0.161. The first-order valence-corrected chi connectivity index (χ1v) is 7.76. The fourth-order valence-corrected chi connectivity index (χ4v) is 2.24. The number of hydrogen-bond acceptors (Lipinski definition) is 2. The molecule has 0 spiro atoms. The van der Waals surface area contributed by atoms with Gasteiger partial charge in [-0.3, -0.25) is 4.79 Å². The van der Waals surface area contributed by atoms with Gasteiger partial charge in [0.15, 0.2) is 0 Å². The van der Waals surface area contributed by atoms with Gasteiger partial charge in [-0.15, -0.1) is 6.58 Å². The largest absolute Gasteiger partial charge is 0.461 e. The lowest BCUT2D eigenvalue weighted by Crippen LogP contribution is -2.33. The van der Waals surface area contributed by atoms with Crippen LogP contribution >= 0.6 is 0 Å². The van der Waals surface area contributed by atoms with E-state index in [-0.39, 0.29) is 17.3 Å². The van der Waals surface area contributed by atoms with Crippen LogP contribution in [0, 0.1) is 18.3 Å². The first-order valence-electron chi connectivity index (χ1n) is 7.76. The molecule has 0 unspecified atom stereocenters. The second-order valence-corrected chi connectivity index (χ2v) is 6.62. The van der Waals surface area contributed by atoms with E-state index in [0.29, 0.717) is 13.0 Å². The quantitative estimate of drug-likeness (QED) is 0.530. The molecule has 1 atom stereocenters. The highest BCUT2D eigenvalue weighted by molar-refractivity contribution is 5.74. The Labute approximate surface area is 134 Å². The van der Waals surface area contributed by atoms with Crippen molar-refractivity contribution < 1.29 is 9.53 Å². The minimum Gasteiger partial charge on any atom is -0.461 e. The van der Waals surface area contributed by atoms with Gasteiger partial charge in [0.05, 0.1) is 5.92 Å². The van der Waals surface area contributed by atoms with Crippen LogP contribution in [0.3, 0.4) is 0 Å². The maximum atomic E-state index is 12.5. The summed E-state index contributed by atoms with van der Waals surface area (Å²) in [7, 11) is 0. The molecule has 120 valence electrons. The van der Waals surface area contributed by atoms with Crippen molar-refractivity contribution in [2.24, 2.45) is 11.3 Å². The van der Waals surface area contributed by atoms with E-state index < -0.39 is 0 Å². The monoisotopic (exact) mass is 300 g/mol. The number of carbonyl (C=O) groups is 1. The Morgan fingerprint density at radius 1 is 1.32 bits per heavy atom. The fourth-order valence-electron chi connectivity index (χ4n) is 2.24. The van der Waals surface area contributed by atoms with Crippen LogP contribution in [0.4, 0.5) is 0 Å². The molecule has 0 heterocycles. The van der Waals surface area contributed by atoms with E-state index >= 15 is 0 Å². The zero-order valence-corrected chi connectivity index (χ0v) is 14.5. The van der Waals surface area contributed by atoms with E-state index in [2.05, 4.69) is 25.6 Å². The zero-order valence-electron chi connectivity index (χ0n) is 14.5. The van der Waals surface area contributed by atoms with Crippen LogP contribution in [0.2, 0.25) is 0 Å². The van der Waals surface area contributed by atoms with E-state index in [1.54, 1.807) is 0 Å². The molecule has 0 aliphatic heterocycles. The standard InChI is InChI=1S/C20H28O2/c1-7-20(5,6)18(19(21)22-13-12-15(2)3)14-17-11-9-8-10-16(17)4/h7-12,18H,1,13-14H2,2-6H3/t18-/m0/s1. The second-order valence-electron chi connectivity index (χ2n) is 6.62. The summed E-state index contributed by atoms with van der Waals surface area (Å²) in [6, 6.07) is 8.17. The number of rotatable bonds is 7. The number of esters is 1. The Balaban J connectivity index is 2.94. The molecule has 0 radical (unpaired) electrons. The lowest BCUT2D eigenvalue weighted by molar-refractivity contribution is -0.150. The topological polar surface area (TPSA) is 26.3 Å². The normalized spacial score (nSPS) is 12.4. The molecule has 0 aliphatic carbocycles. The van der Waals surface area contributed by atoms with E-state index in [0.717, 1.165) is 5.57 Å². The van der Waals surface area contributed by atoms with Crippen LogP contribution in [-0.4, -0.2) is 12.6 Å². The highest BCUT2D eigenvalue weighted by Crippen LogP contribution is 2.32. The Hall–Kier alpha value is -1.83. The number of allylic oxidation sites excluding steroid dienone is 2. The van der Waals surface area contributed by atoms with Crippen molar-refractivity contribution in [1.29, 1.82) is 0 Å². The van der Waals surface area contributed by atoms with Crippen LogP contribution in [0.5, 0.6) is 0 Å². The molecule has 0 saturated carbocycles. The number of ether oxygens (including phenoxy) is 1. The lowest BCUT2D eigenvalue weighted by Gasteiger charge is -2.30. The Bertz CT molecular complexity index is 549. The molecule has 0 amide bonds. The minimum atomic E-state index is -0.315. The first-order chi connectivity index (χ1) is 10.3. The van der Waals surface area contributed by atoms with Gasteiger partial charge in [-0.25, -0.2) is 0 Å². The smallest absolute Gasteiger partial charge is 0.310 e. The predicted octanol–water partition coefficient (Wildman–Crippen LogP) is 4.88. The lowest BCUT2D eigenvalue weighted by atomic mass is 9.75. The summed E-state index contributed by atoms with van der Waals surface area (Å²) in [5.74, 6) is -0.401. The van der Waals surface area contributed by atoms with Crippen LogP contribution in [-0.2, 0) is 16.0 Å². The fraction of sp³-hybridized carbons (Fsp3) is 0.450. The number of carbonyl (C=O) groups excluding carboxylic acids is 1. The van der Waals surface area contributed by atoms with Crippen LogP contribution < -0.4 is 0 Å². The molecule has 0 N–H and O–H groups in total. The average molecular weight is 300 g/mol. The summed E-state index contributed by atoms with van der Waals surface area (Å²) in [5, 5.41) is 0. The maximum Gasteiger partial charge on any atom is 0.310 e. The molecule has 0 saturated heterocycles. The van der Waals surface area contributed by atoms with Crippen molar-refractivity contribution in [1.82, 2.24) is 0 Å². The van der Waals surface area contributed by atoms with Crippen molar-refractivity contribution in [3.05, 3.63) is 59.7 Å². The zero-order chi connectivity index (χ0) is 16.8. The van der Waals surface area contributed by atoms with Gasteiger partial charge in [0.2, 0.25) is 0 Å². The van der Waals surface area contributed by atoms with Crippen molar-refractivity contribution in [3.8, 4) is 0 Å². The molecule has 1 aromatic carbocycles. The Kier molecular flexibility index (Phi) is 6.61. The molecule has 2 nitrogen and oxygen atoms in total. The number of benzene rings is 1. The third kappa shape index (κ3) is 5.18. The van der Waals surface area contributed by atoms with Crippen molar-refractivity contribution >= 4 is 5.97 Å². The van der Waals surface area contributed by atoms with Gasteiger partial charge in [-0.05, 0) is 49.8 Å². The highest BCUT2D eigenvalue weighted by atomic mass is 16.5. The summed E-state index contributed by atoms with van der Waals surface area (Å²) in [6.45, 7) is 14.3. The summed E-state index contributed by atoms with van der Waals surface area (Å²) in [6.07, 6.45) is 4.43. The Morgan fingerprint density at radius 3 is 2.50 bits per heavy atom. The van der Waals surface area contributed by atoms with E-state index in [4.69, 9.17) is 4.74 Å². The van der Waals surface area contributed by atoms with Gasteiger partial charge >= 0.3 is 5.97 Å².